The van der Waals surface area contributed by atoms with Crippen LogP contribution >= 0.6 is 34.9 Å². The van der Waals surface area contributed by atoms with Gasteiger partial charge in [-0.15, -0.1) is 21.5 Å². The Kier molecular flexibility index (Phi) is 8.07. The predicted octanol–water partition coefficient (Wildman–Crippen LogP) is 4.91. The lowest BCUT2D eigenvalue weighted by Gasteiger charge is -2.10. The molecule has 34 heavy (non-hydrogen) atoms. The molecule has 4 aromatic rings. The Labute approximate surface area is 209 Å². The van der Waals surface area contributed by atoms with E-state index in [2.05, 4.69) is 20.2 Å². The Morgan fingerprint density at radius 1 is 1.18 bits per heavy atom. The lowest BCUT2D eigenvalue weighted by molar-refractivity contribution is -0.143. The second-order valence-electron chi connectivity index (χ2n) is 7.45. The van der Waals surface area contributed by atoms with Gasteiger partial charge in [0, 0.05) is 22.7 Å². The third-order valence-electron chi connectivity index (χ3n) is 5.13. The molecule has 0 aliphatic carbocycles. The Hall–Kier alpha value is -2.63. The number of hydrogen-bond acceptors (Lipinski definition) is 9. The van der Waals surface area contributed by atoms with Crippen LogP contribution in [0.2, 0.25) is 0 Å². The van der Waals surface area contributed by atoms with Gasteiger partial charge >= 0.3 is 5.97 Å². The second kappa shape index (κ2) is 11.2. The van der Waals surface area contributed by atoms with Crippen molar-refractivity contribution < 1.29 is 9.53 Å². The minimum atomic E-state index is -0.181. The predicted molar refractivity (Wildman–Crippen MR) is 137 cm³/mol. The van der Waals surface area contributed by atoms with Crippen LogP contribution < -0.4 is 5.56 Å². The van der Waals surface area contributed by atoms with Crippen molar-refractivity contribution in [2.24, 2.45) is 0 Å². The fourth-order valence-corrected chi connectivity index (χ4v) is 6.14. The Bertz CT molecular complexity index is 1350. The highest BCUT2D eigenvalue weighted by Crippen LogP contribution is 2.29. The largest absolute Gasteiger partial charge is 0.466 e. The van der Waals surface area contributed by atoms with Crippen LogP contribution in [0.25, 0.3) is 15.9 Å². The summed E-state index contributed by atoms with van der Waals surface area (Å²) in [6.07, 6.45) is 1.08. The van der Waals surface area contributed by atoms with Crippen LogP contribution in [0.1, 0.15) is 36.0 Å². The molecule has 0 saturated heterocycles. The number of aromatic amines is 1. The molecule has 3 aromatic heterocycles. The van der Waals surface area contributed by atoms with Crippen molar-refractivity contribution in [3.05, 3.63) is 57.0 Å². The fraction of sp³-hybridized carbons (Fsp3) is 0.348. The van der Waals surface area contributed by atoms with Crippen molar-refractivity contribution in [2.45, 2.75) is 49.7 Å². The number of ether oxygens (including phenoxy) is 1. The number of thioether (sulfide) groups is 2. The minimum absolute atomic E-state index is 0.114. The van der Waals surface area contributed by atoms with Crippen LogP contribution in [0.4, 0.5) is 0 Å². The Morgan fingerprint density at radius 2 is 1.97 bits per heavy atom. The highest BCUT2D eigenvalue weighted by atomic mass is 32.2. The molecule has 11 heteroatoms. The van der Waals surface area contributed by atoms with Crippen LogP contribution in [-0.2, 0) is 15.3 Å². The van der Waals surface area contributed by atoms with Crippen molar-refractivity contribution in [3.8, 4) is 5.69 Å². The van der Waals surface area contributed by atoms with Gasteiger partial charge in [0.1, 0.15) is 10.7 Å². The molecule has 0 aliphatic rings. The number of aryl methyl sites for hydroxylation is 2. The number of nitrogens with zero attached hydrogens (tertiary/aromatic N) is 4. The van der Waals surface area contributed by atoms with Gasteiger partial charge in [-0.3, -0.25) is 14.2 Å². The molecule has 8 nitrogen and oxygen atoms in total. The van der Waals surface area contributed by atoms with Crippen LogP contribution in [0.3, 0.4) is 0 Å². The van der Waals surface area contributed by atoms with Gasteiger partial charge in [0.05, 0.1) is 17.7 Å². The third-order valence-corrected chi connectivity index (χ3v) is 8.12. The van der Waals surface area contributed by atoms with Crippen LogP contribution in [0, 0.1) is 13.8 Å². The number of fused-ring (bicyclic) bond motifs is 1. The summed E-state index contributed by atoms with van der Waals surface area (Å²) in [4.78, 5) is 33.6. The highest BCUT2D eigenvalue weighted by Gasteiger charge is 2.17. The monoisotopic (exact) mass is 515 g/mol. The number of nitrogens with one attached hydrogen (secondary N) is 1. The van der Waals surface area contributed by atoms with E-state index in [0.717, 1.165) is 37.7 Å². The molecule has 0 spiro atoms. The van der Waals surface area contributed by atoms with E-state index in [9.17, 15) is 9.59 Å². The molecule has 178 valence electrons. The van der Waals surface area contributed by atoms with Gasteiger partial charge in [-0.1, -0.05) is 41.7 Å². The molecular weight excluding hydrogens is 490 g/mol. The summed E-state index contributed by atoms with van der Waals surface area (Å²) >= 11 is 4.51. The zero-order chi connectivity index (χ0) is 24.1. The average Bonchev–Trinajstić information content (AvgIpc) is 3.36. The average molecular weight is 516 g/mol. The Balaban J connectivity index is 1.52. The topological polar surface area (TPSA) is 103 Å². The van der Waals surface area contributed by atoms with Gasteiger partial charge in [-0.05, 0) is 44.9 Å². The standard InChI is InChI=1S/C23H25N5O3S3/c1-4-31-18(29)11-8-12-32-23-27-26-17(28(23)16-9-6-5-7-10-16)13-33-22-24-20(30)19-14(2)15(3)34-21(19)25-22/h5-7,9-10H,4,8,11-13H2,1-3H3,(H,24,25,30). The van der Waals surface area contributed by atoms with Crippen molar-refractivity contribution in [1.82, 2.24) is 24.7 Å². The maximum Gasteiger partial charge on any atom is 0.305 e. The number of rotatable bonds is 10. The van der Waals surface area contributed by atoms with Crippen molar-refractivity contribution in [2.75, 3.05) is 12.4 Å². The van der Waals surface area contributed by atoms with Crippen molar-refractivity contribution >= 4 is 51.0 Å². The van der Waals surface area contributed by atoms with E-state index in [1.807, 2.05) is 48.7 Å². The van der Waals surface area contributed by atoms with Crippen LogP contribution in [0.5, 0.6) is 0 Å². The van der Waals surface area contributed by atoms with E-state index in [1.54, 1.807) is 18.7 Å². The molecule has 1 aromatic carbocycles. The van der Waals surface area contributed by atoms with Gasteiger partial charge in [-0.25, -0.2) is 4.98 Å². The summed E-state index contributed by atoms with van der Waals surface area (Å²) in [5.41, 5.74) is 1.83. The van der Waals surface area contributed by atoms with Gasteiger partial charge in [0.25, 0.3) is 5.56 Å². The van der Waals surface area contributed by atoms with E-state index in [0.29, 0.717) is 35.7 Å². The molecule has 4 rings (SSSR count). The first kappa shape index (κ1) is 24.5. The number of benzene rings is 1. The number of para-hydroxylation sites is 1. The maximum atomic E-state index is 12.6. The first-order valence-corrected chi connectivity index (χ1v) is 13.7. The number of carbonyl (C=O) groups excluding carboxylic acids is 1. The number of aromatic nitrogens is 5. The van der Waals surface area contributed by atoms with E-state index < -0.39 is 0 Å². The van der Waals surface area contributed by atoms with E-state index >= 15 is 0 Å². The molecule has 1 N–H and O–H groups in total. The smallest absolute Gasteiger partial charge is 0.305 e. The summed E-state index contributed by atoms with van der Waals surface area (Å²) in [7, 11) is 0. The van der Waals surface area contributed by atoms with Gasteiger partial charge in [-0.2, -0.15) is 0 Å². The lowest BCUT2D eigenvalue weighted by Crippen LogP contribution is -2.09. The molecule has 0 fully saturated rings. The fourth-order valence-electron chi connectivity index (χ4n) is 3.37. The summed E-state index contributed by atoms with van der Waals surface area (Å²) in [5, 5.41) is 10.8. The molecule has 0 bridgehead atoms. The summed E-state index contributed by atoms with van der Waals surface area (Å²) < 4.78 is 7.01. The number of H-pyrrole nitrogens is 1. The number of carbonyl (C=O) groups is 1. The normalized spacial score (nSPS) is 11.3. The van der Waals surface area contributed by atoms with Gasteiger partial charge in [0.15, 0.2) is 10.3 Å². The van der Waals surface area contributed by atoms with Crippen molar-refractivity contribution in [1.29, 1.82) is 0 Å². The van der Waals surface area contributed by atoms with Crippen molar-refractivity contribution in [3.63, 3.8) is 0 Å². The SMILES string of the molecule is CCOC(=O)CCCSc1nnc(CSc2nc3sc(C)c(C)c3c(=O)[nH]2)n1-c1ccccc1. The molecule has 0 unspecified atom stereocenters. The minimum Gasteiger partial charge on any atom is -0.466 e. The summed E-state index contributed by atoms with van der Waals surface area (Å²) in [6.45, 7) is 6.16. The summed E-state index contributed by atoms with van der Waals surface area (Å²) in [5.74, 6) is 1.78. The number of hydrogen-bond donors (Lipinski definition) is 1. The first-order valence-electron chi connectivity index (χ1n) is 10.9. The quantitative estimate of drug-likeness (QED) is 0.138. The third kappa shape index (κ3) is 5.53. The molecule has 0 saturated carbocycles. The molecule has 0 radical (unpaired) electrons. The molecule has 0 amide bonds. The maximum absolute atomic E-state index is 12.6. The van der Waals surface area contributed by atoms with E-state index in [4.69, 9.17) is 4.74 Å². The Morgan fingerprint density at radius 3 is 2.74 bits per heavy atom. The molecule has 0 atom stereocenters. The molecule has 3 heterocycles. The number of thiophene rings is 1. The van der Waals surface area contributed by atoms with Gasteiger partial charge in [0.2, 0.25) is 0 Å². The van der Waals surface area contributed by atoms with Gasteiger partial charge < -0.3 is 9.72 Å². The first-order chi connectivity index (χ1) is 16.5. The second-order valence-corrected chi connectivity index (χ2v) is 10.7. The summed E-state index contributed by atoms with van der Waals surface area (Å²) in [6, 6.07) is 9.91. The zero-order valence-electron chi connectivity index (χ0n) is 19.2. The molecular formula is C23H25N5O3S3. The van der Waals surface area contributed by atoms with E-state index in [1.165, 1.54) is 23.1 Å². The molecule has 0 aliphatic heterocycles. The zero-order valence-corrected chi connectivity index (χ0v) is 21.6. The highest BCUT2D eigenvalue weighted by molar-refractivity contribution is 7.99. The van der Waals surface area contributed by atoms with Crippen LogP contribution in [0.15, 0.2) is 45.4 Å². The van der Waals surface area contributed by atoms with E-state index in [-0.39, 0.29) is 11.5 Å². The van der Waals surface area contributed by atoms with Crippen LogP contribution in [-0.4, -0.2) is 43.1 Å². The number of esters is 1. The lowest BCUT2D eigenvalue weighted by atomic mass is 10.2.